The van der Waals surface area contributed by atoms with E-state index in [1.165, 1.54) is 21.7 Å². The van der Waals surface area contributed by atoms with Gasteiger partial charge in [-0.2, -0.15) is 0 Å². The van der Waals surface area contributed by atoms with Crippen LogP contribution in [0.3, 0.4) is 0 Å². The van der Waals surface area contributed by atoms with Crippen LogP contribution in [0.4, 0.5) is 34.1 Å². The standard InChI is InChI=1S/C68H39N3O3/c1-3-14-43(15-4-1)69(46-27-33-51-55-31-24-40-12-7-9-18-49(40)66(55)72-60(51)37-46)45-26-22-42-23-30-54-53-20-11-21-58-63-57-35-29-48(39-62(57)74-68(63)71(64(53)58)65(54)59(42)36-45)70(44-16-5-2-6-17-44)47-28-34-52-56-32-25-41-13-8-10-19-50(41)67(56)73-61(52)38-47/h1-39H. The molecule has 0 N–H and O–H groups in total. The van der Waals surface area contributed by atoms with Gasteiger partial charge in [-0.3, -0.25) is 4.40 Å². The van der Waals surface area contributed by atoms with Crippen molar-refractivity contribution in [3.63, 3.8) is 0 Å². The van der Waals surface area contributed by atoms with Gasteiger partial charge in [0.1, 0.15) is 27.9 Å². The average Bonchev–Trinajstić information content (AvgIpc) is 4.28. The summed E-state index contributed by atoms with van der Waals surface area (Å²) in [4.78, 5) is 4.62. The summed E-state index contributed by atoms with van der Waals surface area (Å²) in [7, 11) is 0. The van der Waals surface area contributed by atoms with E-state index in [0.717, 1.165) is 138 Å². The molecule has 0 spiro atoms. The number of hydrogen-bond acceptors (Lipinski definition) is 5. The number of benzene rings is 12. The number of fused-ring (bicyclic) bond motifs is 20. The summed E-state index contributed by atoms with van der Waals surface area (Å²) in [5.41, 5.74) is 13.6. The summed E-state index contributed by atoms with van der Waals surface area (Å²) in [5, 5.41) is 17.0. The van der Waals surface area contributed by atoms with Crippen LogP contribution >= 0.6 is 0 Å². The normalized spacial score (nSPS) is 12.3. The number of anilines is 6. The van der Waals surface area contributed by atoms with Crippen molar-refractivity contribution in [1.82, 2.24) is 4.40 Å². The fraction of sp³-hybridized carbons (Fsp3) is 0. The van der Waals surface area contributed by atoms with Crippen LogP contribution in [0.1, 0.15) is 0 Å². The molecular formula is C68H39N3O3. The fourth-order valence-corrected chi connectivity index (χ4v) is 12.3. The highest BCUT2D eigenvalue weighted by Crippen LogP contribution is 2.48. The smallest absolute Gasteiger partial charge is 0.213 e. The summed E-state index contributed by atoms with van der Waals surface area (Å²) in [6.45, 7) is 0. The summed E-state index contributed by atoms with van der Waals surface area (Å²) in [6, 6.07) is 84.6. The predicted molar refractivity (Wildman–Crippen MR) is 307 cm³/mol. The molecule has 17 rings (SSSR count). The first kappa shape index (κ1) is 39.7. The summed E-state index contributed by atoms with van der Waals surface area (Å²) >= 11 is 0. The first-order valence-electron chi connectivity index (χ1n) is 25.1. The Kier molecular flexibility index (Phi) is 7.91. The number of furan rings is 3. The van der Waals surface area contributed by atoms with Crippen LogP contribution in [0.5, 0.6) is 0 Å². The maximum absolute atomic E-state index is 7.22. The summed E-state index contributed by atoms with van der Waals surface area (Å²) < 4.78 is 23.0. The van der Waals surface area contributed by atoms with E-state index >= 15 is 0 Å². The summed E-state index contributed by atoms with van der Waals surface area (Å²) in [6.07, 6.45) is 0. The van der Waals surface area contributed by atoms with Crippen LogP contribution in [0.25, 0.3) is 125 Å². The van der Waals surface area contributed by atoms with Crippen LogP contribution in [-0.4, -0.2) is 4.40 Å². The van der Waals surface area contributed by atoms with E-state index in [1.54, 1.807) is 0 Å². The number of rotatable bonds is 6. The Bertz CT molecular complexity index is 5160. The topological polar surface area (TPSA) is 50.3 Å². The quantitative estimate of drug-likeness (QED) is 0.166. The number of para-hydroxylation sites is 3. The van der Waals surface area contributed by atoms with Crippen molar-refractivity contribution in [2.24, 2.45) is 0 Å². The first-order valence-corrected chi connectivity index (χ1v) is 25.1. The van der Waals surface area contributed by atoms with Crippen molar-refractivity contribution in [1.29, 1.82) is 0 Å². The maximum Gasteiger partial charge on any atom is 0.213 e. The molecule has 0 aliphatic carbocycles. The molecule has 0 aliphatic rings. The molecule has 6 heteroatoms. The molecule has 344 valence electrons. The largest absolute Gasteiger partial charge is 0.455 e. The van der Waals surface area contributed by atoms with E-state index in [2.05, 4.69) is 251 Å². The Morgan fingerprint density at radius 1 is 0.257 bits per heavy atom. The van der Waals surface area contributed by atoms with Gasteiger partial charge in [0, 0.05) is 112 Å². The SMILES string of the molecule is c1ccc(N(c2ccc3c(c2)oc2c4ccccc4ccc32)c2ccc3c(c2)oc2c3c3cccc4c5ccc6ccc(N(c7ccccc7)c7ccc8c(c7)oc7c9ccccc9ccc87)cc6c5n2c43)cc1. The second kappa shape index (κ2) is 14.8. The van der Waals surface area contributed by atoms with Crippen LogP contribution in [0.2, 0.25) is 0 Å². The van der Waals surface area contributed by atoms with Crippen molar-refractivity contribution in [2.45, 2.75) is 0 Å². The highest BCUT2D eigenvalue weighted by atomic mass is 16.3. The van der Waals surface area contributed by atoms with Gasteiger partial charge in [0.05, 0.1) is 16.4 Å². The van der Waals surface area contributed by atoms with Crippen LogP contribution < -0.4 is 9.80 Å². The van der Waals surface area contributed by atoms with E-state index < -0.39 is 0 Å². The third-order valence-corrected chi connectivity index (χ3v) is 15.6. The minimum atomic E-state index is 0.819. The molecule has 17 aromatic rings. The zero-order valence-corrected chi connectivity index (χ0v) is 39.6. The van der Waals surface area contributed by atoms with Crippen molar-refractivity contribution < 1.29 is 13.3 Å². The Labute approximate surface area is 421 Å². The molecule has 0 atom stereocenters. The monoisotopic (exact) mass is 945 g/mol. The molecule has 74 heavy (non-hydrogen) atoms. The molecule has 12 aromatic carbocycles. The van der Waals surface area contributed by atoms with Crippen LogP contribution in [0, 0.1) is 0 Å². The Morgan fingerprint density at radius 2 is 0.662 bits per heavy atom. The van der Waals surface area contributed by atoms with Crippen molar-refractivity contribution in [2.75, 3.05) is 9.80 Å². The molecule has 0 amide bonds. The molecule has 0 bridgehead atoms. The van der Waals surface area contributed by atoms with Gasteiger partial charge in [0.15, 0.2) is 0 Å². The minimum Gasteiger partial charge on any atom is -0.455 e. The van der Waals surface area contributed by atoms with Crippen LogP contribution in [0.15, 0.2) is 250 Å². The maximum atomic E-state index is 7.22. The predicted octanol–water partition coefficient (Wildman–Crippen LogP) is 19.8. The molecule has 0 saturated carbocycles. The van der Waals surface area contributed by atoms with Gasteiger partial charge in [-0.25, -0.2) is 0 Å². The second-order valence-electron chi connectivity index (χ2n) is 19.6. The highest BCUT2D eigenvalue weighted by Gasteiger charge is 2.26. The van der Waals surface area contributed by atoms with Gasteiger partial charge in [0.25, 0.3) is 0 Å². The van der Waals surface area contributed by atoms with Gasteiger partial charge in [-0.05, 0) is 101 Å². The zero-order valence-electron chi connectivity index (χ0n) is 39.6. The number of hydrogen-bond donors (Lipinski definition) is 0. The number of aromatic nitrogens is 1. The number of nitrogens with zero attached hydrogens (tertiary/aromatic N) is 3. The molecule has 0 fully saturated rings. The molecule has 6 nitrogen and oxygen atoms in total. The Balaban J connectivity index is 0.850. The van der Waals surface area contributed by atoms with Crippen molar-refractivity contribution in [3.8, 4) is 0 Å². The lowest BCUT2D eigenvalue weighted by Gasteiger charge is -2.26. The summed E-state index contributed by atoms with van der Waals surface area (Å²) in [5.74, 6) is 0. The fourth-order valence-electron chi connectivity index (χ4n) is 12.3. The second-order valence-corrected chi connectivity index (χ2v) is 19.6. The van der Waals surface area contributed by atoms with E-state index in [1.807, 2.05) is 0 Å². The third-order valence-electron chi connectivity index (χ3n) is 15.6. The van der Waals surface area contributed by atoms with E-state index in [9.17, 15) is 0 Å². The molecule has 5 heterocycles. The van der Waals surface area contributed by atoms with Crippen LogP contribution in [-0.2, 0) is 0 Å². The highest BCUT2D eigenvalue weighted by molar-refractivity contribution is 6.30. The molecular weight excluding hydrogens is 907 g/mol. The Hall–Kier alpha value is -10.0. The molecule has 0 aliphatic heterocycles. The lowest BCUT2D eigenvalue weighted by Crippen LogP contribution is -2.09. The third kappa shape index (κ3) is 5.48. The average molecular weight is 946 g/mol. The Morgan fingerprint density at radius 3 is 1.26 bits per heavy atom. The van der Waals surface area contributed by atoms with Gasteiger partial charge in [-0.15, -0.1) is 0 Å². The van der Waals surface area contributed by atoms with Gasteiger partial charge in [0.2, 0.25) is 5.71 Å². The van der Waals surface area contributed by atoms with Gasteiger partial charge < -0.3 is 23.1 Å². The van der Waals surface area contributed by atoms with E-state index in [-0.39, 0.29) is 0 Å². The van der Waals surface area contributed by atoms with Crippen molar-refractivity contribution >= 4 is 160 Å². The molecule has 0 radical (unpaired) electrons. The van der Waals surface area contributed by atoms with Gasteiger partial charge in [-0.1, -0.05) is 133 Å². The molecule has 0 saturated heterocycles. The molecule has 0 unspecified atom stereocenters. The zero-order chi connectivity index (χ0) is 48.2. The molecule has 5 aromatic heterocycles. The van der Waals surface area contributed by atoms with E-state index in [4.69, 9.17) is 13.3 Å². The van der Waals surface area contributed by atoms with Gasteiger partial charge >= 0.3 is 0 Å². The lowest BCUT2D eigenvalue weighted by molar-refractivity contribution is 0.652. The van der Waals surface area contributed by atoms with E-state index in [0.29, 0.717) is 0 Å². The lowest BCUT2D eigenvalue weighted by atomic mass is 10.0. The minimum absolute atomic E-state index is 0.819. The first-order chi connectivity index (χ1) is 36.7. The van der Waals surface area contributed by atoms with Crippen molar-refractivity contribution in [3.05, 3.63) is 237 Å².